The second kappa shape index (κ2) is 8.95. The van der Waals surface area contributed by atoms with Crippen LogP contribution in [0.3, 0.4) is 0 Å². The molecular formula is C28H27ClN2O2. The summed E-state index contributed by atoms with van der Waals surface area (Å²) in [4.78, 5) is 4.59. The van der Waals surface area contributed by atoms with Crippen molar-refractivity contribution in [3.63, 3.8) is 0 Å². The average molecular weight is 459 g/mol. The van der Waals surface area contributed by atoms with E-state index in [0.717, 1.165) is 17.7 Å². The van der Waals surface area contributed by atoms with Crippen molar-refractivity contribution in [1.29, 1.82) is 0 Å². The Hall–Kier alpha value is -3.24. The molecule has 0 bridgehead atoms. The zero-order valence-corrected chi connectivity index (χ0v) is 19.5. The molecule has 1 heterocycles. The van der Waals surface area contributed by atoms with Crippen LogP contribution >= 0.6 is 11.6 Å². The van der Waals surface area contributed by atoms with Crippen molar-refractivity contribution in [3.8, 4) is 11.5 Å². The molecule has 5 heteroatoms. The number of rotatable bonds is 5. The van der Waals surface area contributed by atoms with E-state index in [0.29, 0.717) is 24.2 Å². The molecule has 0 aromatic heterocycles. The highest BCUT2D eigenvalue weighted by atomic mass is 35.5. The molecule has 0 radical (unpaired) electrons. The minimum absolute atomic E-state index is 0.0450. The first-order valence-electron chi connectivity index (χ1n) is 11.4. The van der Waals surface area contributed by atoms with E-state index in [1.807, 2.05) is 19.1 Å². The van der Waals surface area contributed by atoms with Crippen molar-refractivity contribution in [2.24, 2.45) is 10.9 Å². The van der Waals surface area contributed by atoms with Gasteiger partial charge in [0.2, 0.25) is 0 Å². The number of benzene rings is 3. The predicted molar refractivity (Wildman–Crippen MR) is 136 cm³/mol. The Bertz CT molecular complexity index is 1230. The number of halogens is 1. The van der Waals surface area contributed by atoms with E-state index < -0.39 is 0 Å². The molecule has 0 spiro atoms. The van der Waals surface area contributed by atoms with Crippen LogP contribution in [0.5, 0.6) is 11.5 Å². The lowest BCUT2D eigenvalue weighted by Crippen LogP contribution is -2.29. The van der Waals surface area contributed by atoms with E-state index in [9.17, 15) is 5.11 Å². The molecule has 4 nitrogen and oxygen atoms in total. The number of aromatic hydroxyl groups is 1. The number of aliphatic imine (C=N–C) groups is 1. The van der Waals surface area contributed by atoms with Gasteiger partial charge in [0.15, 0.2) is 11.5 Å². The SMILES string of the molecule is CCOc1cc(C=Nc2ccc([C@@H]3Nc4ccc(C)cc4[C@H]4C=CC[C@H]43)cc2)cc(Cl)c1O. The molecular weight excluding hydrogens is 432 g/mol. The number of allylic oxidation sites excluding steroid dienone is 2. The number of nitrogens with one attached hydrogen (secondary N) is 1. The maximum atomic E-state index is 10.0. The van der Waals surface area contributed by atoms with Gasteiger partial charge >= 0.3 is 0 Å². The fraction of sp³-hybridized carbons (Fsp3) is 0.250. The zero-order chi connectivity index (χ0) is 22.9. The van der Waals surface area contributed by atoms with Gasteiger partial charge in [-0.05, 0) is 73.2 Å². The minimum Gasteiger partial charge on any atom is -0.503 e. The van der Waals surface area contributed by atoms with E-state index in [-0.39, 0.29) is 16.8 Å². The third-order valence-corrected chi connectivity index (χ3v) is 6.77. The van der Waals surface area contributed by atoms with Gasteiger partial charge in [-0.2, -0.15) is 0 Å². The molecule has 0 fully saturated rings. The number of phenolic OH excluding ortho intramolecular Hbond substituents is 1. The number of nitrogens with zero attached hydrogens (tertiary/aromatic N) is 1. The fourth-order valence-electron chi connectivity index (χ4n) is 4.89. The van der Waals surface area contributed by atoms with Crippen molar-refractivity contribution in [3.05, 3.63) is 94.0 Å². The van der Waals surface area contributed by atoms with Gasteiger partial charge < -0.3 is 15.2 Å². The summed E-state index contributed by atoms with van der Waals surface area (Å²) in [7, 11) is 0. The molecule has 168 valence electrons. The summed E-state index contributed by atoms with van der Waals surface area (Å²) >= 11 is 6.13. The predicted octanol–water partition coefficient (Wildman–Crippen LogP) is 7.33. The molecule has 3 aromatic carbocycles. The van der Waals surface area contributed by atoms with Gasteiger partial charge in [-0.15, -0.1) is 0 Å². The van der Waals surface area contributed by atoms with E-state index in [2.05, 4.69) is 59.7 Å². The summed E-state index contributed by atoms with van der Waals surface area (Å²) in [5.74, 6) is 1.30. The zero-order valence-electron chi connectivity index (χ0n) is 18.8. The first kappa shape index (κ1) is 21.6. The van der Waals surface area contributed by atoms with Crippen LogP contribution in [-0.4, -0.2) is 17.9 Å². The monoisotopic (exact) mass is 458 g/mol. The van der Waals surface area contributed by atoms with Crippen molar-refractivity contribution >= 4 is 29.2 Å². The molecule has 0 amide bonds. The van der Waals surface area contributed by atoms with Gasteiger partial charge in [-0.25, -0.2) is 0 Å². The number of aryl methyl sites for hydroxylation is 1. The lowest BCUT2D eigenvalue weighted by molar-refractivity contribution is 0.318. The molecule has 3 aromatic rings. The summed E-state index contributed by atoms with van der Waals surface area (Å²) in [6, 6.07) is 18.8. The summed E-state index contributed by atoms with van der Waals surface area (Å²) in [5, 5.41) is 14.1. The lowest BCUT2D eigenvalue weighted by Gasteiger charge is -2.37. The van der Waals surface area contributed by atoms with Crippen molar-refractivity contribution in [2.45, 2.75) is 32.2 Å². The van der Waals surface area contributed by atoms with Crippen LogP contribution < -0.4 is 10.1 Å². The van der Waals surface area contributed by atoms with Crippen molar-refractivity contribution in [2.75, 3.05) is 11.9 Å². The molecule has 2 aliphatic rings. The van der Waals surface area contributed by atoms with Crippen LogP contribution in [0.1, 0.15) is 47.6 Å². The Morgan fingerprint density at radius 3 is 2.76 bits per heavy atom. The lowest BCUT2D eigenvalue weighted by atomic mass is 9.76. The second-order valence-corrected chi connectivity index (χ2v) is 9.11. The normalized spacial score (nSPS) is 21.0. The standard InChI is InChI=1S/C28H27ClN2O2/c1-3-33-26-15-18(14-24(29)28(26)32)16-30-20-10-8-19(9-11-20)27-22-6-4-5-21(22)23-13-17(2)7-12-25(23)31-27/h4-5,7-16,21-22,27,31-32H,3,6H2,1-2H3/t21-,22+,27-/m0/s1. The first-order chi connectivity index (χ1) is 16.0. The van der Waals surface area contributed by atoms with E-state index in [4.69, 9.17) is 16.3 Å². The minimum atomic E-state index is -0.0450. The van der Waals surface area contributed by atoms with Crippen LogP contribution in [0.4, 0.5) is 11.4 Å². The maximum Gasteiger partial charge on any atom is 0.176 e. The number of hydrogen-bond acceptors (Lipinski definition) is 4. The molecule has 1 aliphatic carbocycles. The van der Waals surface area contributed by atoms with Crippen LogP contribution in [0.25, 0.3) is 0 Å². The fourth-order valence-corrected chi connectivity index (χ4v) is 5.11. The van der Waals surface area contributed by atoms with Gasteiger partial charge in [-0.3, -0.25) is 4.99 Å². The molecule has 0 saturated heterocycles. The summed E-state index contributed by atoms with van der Waals surface area (Å²) < 4.78 is 5.45. The summed E-state index contributed by atoms with van der Waals surface area (Å²) in [6.45, 7) is 4.46. The smallest absolute Gasteiger partial charge is 0.176 e. The van der Waals surface area contributed by atoms with Crippen LogP contribution in [0, 0.1) is 12.8 Å². The average Bonchev–Trinajstić information content (AvgIpc) is 3.31. The highest BCUT2D eigenvalue weighted by Gasteiger charge is 2.37. The van der Waals surface area contributed by atoms with Crippen LogP contribution in [0.2, 0.25) is 5.02 Å². The Labute approximate surface area is 199 Å². The molecule has 1 aliphatic heterocycles. The molecule has 5 rings (SSSR count). The van der Waals surface area contributed by atoms with E-state index in [1.54, 1.807) is 18.3 Å². The molecule has 3 atom stereocenters. The third-order valence-electron chi connectivity index (χ3n) is 6.48. The number of anilines is 1. The first-order valence-corrected chi connectivity index (χ1v) is 11.7. The van der Waals surface area contributed by atoms with Gasteiger partial charge in [0.25, 0.3) is 0 Å². The molecule has 0 saturated carbocycles. The highest BCUT2D eigenvalue weighted by molar-refractivity contribution is 6.32. The quantitative estimate of drug-likeness (QED) is 0.311. The van der Waals surface area contributed by atoms with Crippen molar-refractivity contribution < 1.29 is 9.84 Å². The number of hydrogen-bond donors (Lipinski definition) is 2. The Balaban J connectivity index is 1.37. The number of fused-ring (bicyclic) bond motifs is 3. The third kappa shape index (κ3) is 4.23. The molecule has 33 heavy (non-hydrogen) atoms. The van der Waals surface area contributed by atoms with Gasteiger partial charge in [0.1, 0.15) is 0 Å². The highest BCUT2D eigenvalue weighted by Crippen LogP contribution is 2.50. The Morgan fingerprint density at radius 2 is 1.97 bits per heavy atom. The number of phenols is 1. The Kier molecular flexibility index (Phi) is 5.86. The maximum absolute atomic E-state index is 10.0. The largest absolute Gasteiger partial charge is 0.503 e. The van der Waals surface area contributed by atoms with Gasteiger partial charge in [0.05, 0.1) is 23.4 Å². The number of ether oxygens (including phenoxy) is 1. The van der Waals surface area contributed by atoms with Crippen LogP contribution in [0.15, 0.2) is 71.7 Å². The van der Waals surface area contributed by atoms with Gasteiger partial charge in [0, 0.05) is 17.8 Å². The summed E-state index contributed by atoms with van der Waals surface area (Å²) in [6.07, 6.45) is 7.50. The van der Waals surface area contributed by atoms with E-state index in [1.165, 1.54) is 22.4 Å². The van der Waals surface area contributed by atoms with Crippen LogP contribution in [-0.2, 0) is 0 Å². The Morgan fingerprint density at radius 1 is 1.15 bits per heavy atom. The van der Waals surface area contributed by atoms with Gasteiger partial charge in [-0.1, -0.05) is 53.6 Å². The second-order valence-electron chi connectivity index (χ2n) is 8.70. The topological polar surface area (TPSA) is 53.8 Å². The van der Waals surface area contributed by atoms with Crippen molar-refractivity contribution in [1.82, 2.24) is 0 Å². The summed E-state index contributed by atoms with van der Waals surface area (Å²) in [5.41, 5.74) is 6.84. The van der Waals surface area contributed by atoms with E-state index >= 15 is 0 Å². The molecule has 2 N–H and O–H groups in total. The molecule has 0 unspecified atom stereocenters.